The van der Waals surface area contributed by atoms with Gasteiger partial charge in [0, 0.05) is 40.6 Å². The molecule has 1 atom stereocenters. The molecule has 0 aliphatic carbocycles. The highest BCUT2D eigenvalue weighted by atomic mass is 32.2. The molecule has 1 aliphatic rings. The number of nitro benzene ring substituents is 1. The van der Waals surface area contributed by atoms with E-state index < -0.39 is 11.0 Å². The number of allylic oxidation sites excluding steroid dienone is 1. The Labute approximate surface area is 263 Å². The lowest BCUT2D eigenvalue weighted by molar-refractivity contribution is -0.384. The number of ether oxygens (including phenoxy) is 1. The first-order chi connectivity index (χ1) is 21.2. The molecule has 0 radical (unpaired) electrons. The molecule has 0 saturated heterocycles. The molecule has 226 valence electrons. The lowest BCUT2D eigenvalue weighted by Crippen LogP contribution is -2.43. The van der Waals surface area contributed by atoms with Crippen LogP contribution in [0.25, 0.3) is 6.08 Å². The maximum Gasteiger partial charge on any atom is 0.271 e. The third kappa shape index (κ3) is 5.97. The fraction of sp³-hybridized carbons (Fsp3) is 0.242. The van der Waals surface area contributed by atoms with Crippen LogP contribution in [0.1, 0.15) is 43.5 Å². The molecule has 5 rings (SSSR count). The summed E-state index contributed by atoms with van der Waals surface area (Å²) in [5, 5.41) is 11.7. The van der Waals surface area contributed by atoms with Crippen molar-refractivity contribution in [2.45, 2.75) is 43.5 Å². The lowest BCUT2D eigenvalue weighted by Gasteiger charge is -2.29. The Hall–Kier alpha value is -4.48. The predicted octanol–water partition coefficient (Wildman–Crippen LogP) is 5.48. The Bertz CT molecular complexity index is 1960. The third-order valence-corrected chi connectivity index (χ3v) is 9.56. The van der Waals surface area contributed by atoms with Gasteiger partial charge >= 0.3 is 0 Å². The first kappa shape index (κ1) is 31.0. The van der Waals surface area contributed by atoms with Gasteiger partial charge in [-0.15, -0.1) is 0 Å². The van der Waals surface area contributed by atoms with E-state index in [0.717, 1.165) is 15.4 Å². The van der Waals surface area contributed by atoms with Crippen LogP contribution in [0.2, 0.25) is 0 Å². The van der Waals surface area contributed by atoms with Gasteiger partial charge in [-0.3, -0.25) is 24.3 Å². The van der Waals surface area contributed by atoms with E-state index in [9.17, 15) is 19.7 Å². The Morgan fingerprint density at radius 1 is 1.11 bits per heavy atom. The van der Waals surface area contributed by atoms with Crippen molar-refractivity contribution in [2.24, 2.45) is 4.99 Å². The molecule has 0 spiro atoms. The third-order valence-electron chi connectivity index (χ3n) is 7.48. The van der Waals surface area contributed by atoms with Crippen LogP contribution in [-0.2, 0) is 4.79 Å². The normalized spacial score (nSPS) is 14.7. The number of amides is 1. The van der Waals surface area contributed by atoms with Crippen LogP contribution in [0.5, 0.6) is 5.75 Å². The summed E-state index contributed by atoms with van der Waals surface area (Å²) in [6.07, 6.45) is 1.68. The number of thiazole rings is 1. The molecule has 0 bridgehead atoms. The van der Waals surface area contributed by atoms with Crippen LogP contribution in [-0.4, -0.2) is 40.5 Å². The summed E-state index contributed by atoms with van der Waals surface area (Å²) in [5.41, 5.74) is 2.84. The van der Waals surface area contributed by atoms with Crippen LogP contribution in [0.4, 0.5) is 5.69 Å². The molecule has 3 aromatic carbocycles. The number of fused-ring (bicyclic) bond motifs is 1. The summed E-state index contributed by atoms with van der Waals surface area (Å²) in [4.78, 5) is 48.0. The average molecular weight is 629 g/mol. The topological polar surface area (TPSA) is 107 Å². The first-order valence-corrected chi connectivity index (χ1v) is 15.8. The zero-order valence-corrected chi connectivity index (χ0v) is 26.7. The number of carbonyl (C=O) groups excluding carboxylic acids is 1. The van der Waals surface area contributed by atoms with E-state index in [1.54, 1.807) is 41.7 Å². The smallest absolute Gasteiger partial charge is 0.271 e. The number of hydrogen-bond acceptors (Lipinski definition) is 8. The van der Waals surface area contributed by atoms with Gasteiger partial charge in [-0.25, -0.2) is 4.99 Å². The summed E-state index contributed by atoms with van der Waals surface area (Å²) in [5.74, 6) is 0.346. The van der Waals surface area contributed by atoms with Gasteiger partial charge in [0.2, 0.25) is 0 Å². The van der Waals surface area contributed by atoms with Gasteiger partial charge in [-0.05, 0) is 63.6 Å². The Kier molecular flexibility index (Phi) is 9.17. The molecule has 2 heterocycles. The second-order valence-electron chi connectivity index (χ2n) is 10.2. The van der Waals surface area contributed by atoms with Gasteiger partial charge in [0.1, 0.15) is 11.8 Å². The Balaban J connectivity index is 1.73. The van der Waals surface area contributed by atoms with Crippen molar-refractivity contribution in [2.75, 3.05) is 20.2 Å². The van der Waals surface area contributed by atoms with Crippen LogP contribution in [0, 0.1) is 17.0 Å². The maximum atomic E-state index is 14.3. The molecule has 1 aromatic heterocycles. The molecule has 0 unspecified atom stereocenters. The van der Waals surface area contributed by atoms with Gasteiger partial charge in [0.25, 0.3) is 17.2 Å². The highest BCUT2D eigenvalue weighted by Crippen LogP contribution is 2.36. The minimum Gasteiger partial charge on any atom is -0.496 e. The molecule has 1 aliphatic heterocycles. The van der Waals surface area contributed by atoms with Crippen LogP contribution < -0.4 is 19.6 Å². The van der Waals surface area contributed by atoms with Gasteiger partial charge < -0.3 is 9.64 Å². The van der Waals surface area contributed by atoms with E-state index in [4.69, 9.17) is 9.73 Å². The van der Waals surface area contributed by atoms with Gasteiger partial charge in [-0.1, -0.05) is 59.0 Å². The molecule has 0 N–H and O–H groups in total. The zero-order valence-electron chi connectivity index (χ0n) is 25.1. The summed E-state index contributed by atoms with van der Waals surface area (Å²) in [6.45, 7) is 8.62. The number of carbonyl (C=O) groups is 1. The predicted molar refractivity (Wildman–Crippen MR) is 173 cm³/mol. The number of benzene rings is 3. The van der Waals surface area contributed by atoms with Gasteiger partial charge in [-0.2, -0.15) is 0 Å². The van der Waals surface area contributed by atoms with E-state index in [1.165, 1.54) is 35.2 Å². The summed E-state index contributed by atoms with van der Waals surface area (Å²) >= 11 is 2.65. The molecule has 0 saturated carbocycles. The second-order valence-corrected chi connectivity index (χ2v) is 12.3. The van der Waals surface area contributed by atoms with Crippen molar-refractivity contribution >= 4 is 40.8 Å². The van der Waals surface area contributed by atoms with E-state index in [0.29, 0.717) is 50.6 Å². The van der Waals surface area contributed by atoms with E-state index >= 15 is 0 Å². The maximum absolute atomic E-state index is 14.3. The Morgan fingerprint density at radius 2 is 1.82 bits per heavy atom. The molecule has 9 nitrogen and oxygen atoms in total. The molecular weight excluding hydrogens is 597 g/mol. The van der Waals surface area contributed by atoms with Crippen molar-refractivity contribution in [1.82, 2.24) is 9.47 Å². The van der Waals surface area contributed by atoms with Crippen LogP contribution in [0.3, 0.4) is 0 Å². The number of likely N-dealkylation sites (N-methyl/N-ethyl adjacent to an activating group) is 1. The number of nitro groups is 1. The average Bonchev–Trinajstić information content (AvgIpc) is 3.32. The largest absolute Gasteiger partial charge is 0.496 e. The standard InChI is InChI=1S/C33H32N4O5S2/c1-6-35(7-2)32(39)29-21(4)34-33-36(30(29)25-10-8-9-11-26(25)42-5)31(38)28(44-33)19-22-18-23(37(40)41)14-17-27(22)43-24-15-12-20(3)13-16-24/h8-19,30H,6-7H2,1-5H3/b28-19-/t30-/m1/s1. The first-order valence-electron chi connectivity index (χ1n) is 14.1. The van der Waals surface area contributed by atoms with Gasteiger partial charge in [0.15, 0.2) is 4.80 Å². The van der Waals surface area contributed by atoms with E-state index in [2.05, 4.69) is 0 Å². The van der Waals surface area contributed by atoms with Crippen molar-refractivity contribution in [3.63, 3.8) is 0 Å². The number of aromatic nitrogens is 1. The number of aryl methyl sites for hydroxylation is 1. The summed E-state index contributed by atoms with van der Waals surface area (Å²) in [6, 6.07) is 19.2. The number of non-ortho nitro benzene ring substituents is 1. The molecule has 44 heavy (non-hydrogen) atoms. The highest BCUT2D eigenvalue weighted by Gasteiger charge is 2.35. The Morgan fingerprint density at radius 3 is 2.48 bits per heavy atom. The SMILES string of the molecule is CCN(CC)C(=O)C1=C(C)N=c2s/c(=C\c3cc([N+](=O)[O-])ccc3Sc3ccc(C)cc3)c(=O)n2[C@@H]1c1ccccc1OC. The second kappa shape index (κ2) is 13.0. The number of rotatable bonds is 9. The minimum atomic E-state index is -0.774. The van der Waals surface area contributed by atoms with E-state index in [1.807, 2.05) is 63.2 Å². The van der Waals surface area contributed by atoms with Gasteiger partial charge in [0.05, 0.1) is 27.8 Å². The molecule has 11 heteroatoms. The van der Waals surface area contributed by atoms with Crippen molar-refractivity contribution in [1.29, 1.82) is 0 Å². The highest BCUT2D eigenvalue weighted by molar-refractivity contribution is 7.99. The molecule has 1 amide bonds. The fourth-order valence-corrected chi connectivity index (χ4v) is 7.13. The minimum absolute atomic E-state index is 0.0767. The van der Waals surface area contributed by atoms with Crippen molar-refractivity contribution in [3.05, 3.63) is 124 Å². The quantitative estimate of drug-likeness (QED) is 0.180. The lowest BCUT2D eigenvalue weighted by atomic mass is 9.94. The van der Waals surface area contributed by atoms with Crippen LogP contribution in [0.15, 0.2) is 97.6 Å². The molecule has 4 aromatic rings. The zero-order chi connectivity index (χ0) is 31.5. The van der Waals surface area contributed by atoms with Crippen molar-refractivity contribution in [3.8, 4) is 5.75 Å². The van der Waals surface area contributed by atoms with Crippen LogP contribution >= 0.6 is 23.1 Å². The fourth-order valence-electron chi connectivity index (χ4n) is 5.19. The summed E-state index contributed by atoms with van der Waals surface area (Å²) < 4.78 is 7.57. The number of hydrogen-bond donors (Lipinski definition) is 0. The summed E-state index contributed by atoms with van der Waals surface area (Å²) in [7, 11) is 1.56. The molecular formula is C33H32N4O5S2. The monoisotopic (exact) mass is 628 g/mol. The molecule has 0 fully saturated rings. The number of nitrogens with zero attached hydrogens (tertiary/aromatic N) is 4. The van der Waals surface area contributed by atoms with E-state index in [-0.39, 0.29) is 17.2 Å². The van der Waals surface area contributed by atoms with Crippen molar-refractivity contribution < 1.29 is 14.5 Å². The number of methoxy groups -OCH3 is 1. The number of para-hydroxylation sites is 1.